The number of aromatic nitrogens is 1. The summed E-state index contributed by atoms with van der Waals surface area (Å²) in [6.07, 6.45) is 1.48. The lowest BCUT2D eigenvalue weighted by Gasteiger charge is -2.24. The average molecular weight is 612 g/mol. The van der Waals surface area contributed by atoms with Gasteiger partial charge in [0.2, 0.25) is 0 Å². The van der Waals surface area contributed by atoms with Gasteiger partial charge >= 0.3 is 5.97 Å². The van der Waals surface area contributed by atoms with Gasteiger partial charge in [0.05, 0.1) is 42.2 Å². The second-order valence-electron chi connectivity index (χ2n) is 9.97. The molecule has 0 unspecified atom stereocenters. The maximum absolute atomic E-state index is 14.3. The lowest BCUT2D eigenvalue weighted by atomic mass is 9.96. The van der Waals surface area contributed by atoms with Crippen molar-refractivity contribution in [3.63, 3.8) is 0 Å². The Bertz CT molecular complexity index is 1990. The quantitative estimate of drug-likeness (QED) is 0.226. The molecule has 2 aliphatic rings. The summed E-state index contributed by atoms with van der Waals surface area (Å²) in [7, 11) is 1.56. The SMILES string of the molecule is C=CCOC(=O)C1=C(C)N=c2s/c(=C3\C(=O)N(Cc4ccc(Cl)cc4)c4ccccc43)c(=O)n2[C@@H]1c1ccc(OC)cc1. The molecule has 10 heteroatoms. The normalized spacial score (nSPS) is 16.9. The highest BCUT2D eigenvalue weighted by Gasteiger charge is 2.37. The van der Waals surface area contributed by atoms with Crippen molar-refractivity contribution in [2.24, 2.45) is 4.99 Å². The fourth-order valence-corrected chi connectivity index (χ4v) is 6.64. The topological polar surface area (TPSA) is 90.2 Å². The van der Waals surface area contributed by atoms with Crippen LogP contribution in [0.1, 0.15) is 29.7 Å². The Morgan fingerprint density at radius 3 is 2.49 bits per heavy atom. The fourth-order valence-electron chi connectivity index (χ4n) is 5.38. The molecule has 43 heavy (non-hydrogen) atoms. The lowest BCUT2D eigenvalue weighted by Crippen LogP contribution is -2.41. The highest BCUT2D eigenvalue weighted by atomic mass is 35.5. The molecular formula is C33H26ClN3O5S. The molecule has 216 valence electrons. The number of halogens is 1. The number of amides is 1. The van der Waals surface area contributed by atoms with Gasteiger partial charge in [-0.2, -0.15) is 0 Å². The summed E-state index contributed by atoms with van der Waals surface area (Å²) in [5, 5.41) is 0.605. The predicted octanol–water partition coefficient (Wildman–Crippen LogP) is 4.54. The molecule has 0 N–H and O–H groups in total. The minimum absolute atomic E-state index is 0.00819. The van der Waals surface area contributed by atoms with Gasteiger partial charge in [-0.1, -0.05) is 78.1 Å². The van der Waals surface area contributed by atoms with Crippen LogP contribution in [0.15, 0.2) is 107 Å². The van der Waals surface area contributed by atoms with E-state index in [1.165, 1.54) is 10.6 Å². The van der Waals surface area contributed by atoms with E-state index in [1.54, 1.807) is 55.3 Å². The number of para-hydroxylation sites is 1. The van der Waals surface area contributed by atoms with E-state index in [9.17, 15) is 14.4 Å². The van der Waals surface area contributed by atoms with Crippen LogP contribution >= 0.6 is 22.9 Å². The molecule has 1 aromatic heterocycles. The molecule has 0 radical (unpaired) electrons. The maximum atomic E-state index is 14.3. The zero-order valence-electron chi connectivity index (χ0n) is 23.4. The molecule has 1 amide bonds. The molecule has 2 aliphatic heterocycles. The van der Waals surface area contributed by atoms with E-state index in [4.69, 9.17) is 21.1 Å². The molecule has 0 fully saturated rings. The number of rotatable bonds is 7. The van der Waals surface area contributed by atoms with Crippen molar-refractivity contribution in [3.05, 3.63) is 138 Å². The Balaban J connectivity index is 1.55. The van der Waals surface area contributed by atoms with Crippen molar-refractivity contribution in [2.75, 3.05) is 18.6 Å². The molecule has 1 atom stereocenters. The summed E-state index contributed by atoms with van der Waals surface area (Å²) in [6, 6.07) is 21.0. The Morgan fingerprint density at radius 2 is 1.79 bits per heavy atom. The molecule has 6 rings (SSSR count). The number of hydrogen-bond acceptors (Lipinski definition) is 7. The van der Waals surface area contributed by atoms with Crippen LogP contribution in [-0.2, 0) is 20.9 Å². The van der Waals surface area contributed by atoms with Gasteiger partial charge in [-0.15, -0.1) is 0 Å². The third-order valence-corrected chi connectivity index (χ3v) is 8.69. The van der Waals surface area contributed by atoms with Gasteiger partial charge in [0, 0.05) is 10.6 Å². The lowest BCUT2D eigenvalue weighted by molar-refractivity contribution is -0.138. The van der Waals surface area contributed by atoms with Crippen molar-refractivity contribution < 1.29 is 19.1 Å². The van der Waals surface area contributed by atoms with Gasteiger partial charge in [-0.25, -0.2) is 9.79 Å². The molecule has 0 spiro atoms. The monoisotopic (exact) mass is 611 g/mol. The molecule has 0 saturated heterocycles. The molecule has 0 saturated carbocycles. The fraction of sp³-hybridized carbons (Fsp3) is 0.152. The van der Waals surface area contributed by atoms with E-state index in [1.807, 2.05) is 36.4 Å². The minimum atomic E-state index is -0.828. The Labute approximate surface area is 256 Å². The highest BCUT2D eigenvalue weighted by molar-refractivity contribution is 7.07. The number of esters is 1. The van der Waals surface area contributed by atoms with Gasteiger partial charge in [-0.3, -0.25) is 14.2 Å². The number of carbonyl (C=O) groups excluding carboxylic acids is 2. The summed E-state index contributed by atoms with van der Waals surface area (Å²) in [5.74, 6) is -0.260. The van der Waals surface area contributed by atoms with Gasteiger partial charge in [0.1, 0.15) is 16.9 Å². The van der Waals surface area contributed by atoms with Crippen molar-refractivity contribution >= 4 is 46.1 Å². The molecule has 8 nitrogen and oxygen atoms in total. The third-order valence-electron chi connectivity index (χ3n) is 7.39. The number of benzene rings is 3. The van der Waals surface area contributed by atoms with Crippen LogP contribution in [0.2, 0.25) is 5.02 Å². The first-order valence-electron chi connectivity index (χ1n) is 13.4. The molecule has 0 bridgehead atoms. The molecule has 4 aromatic rings. The number of hydrogen-bond donors (Lipinski definition) is 0. The van der Waals surface area contributed by atoms with E-state index < -0.39 is 17.6 Å². The van der Waals surface area contributed by atoms with Crippen LogP contribution in [0.4, 0.5) is 5.69 Å². The van der Waals surface area contributed by atoms with Crippen molar-refractivity contribution in [3.8, 4) is 5.75 Å². The number of thiazole rings is 1. The van der Waals surface area contributed by atoms with Gasteiger partial charge in [0.25, 0.3) is 11.5 Å². The highest BCUT2D eigenvalue weighted by Crippen LogP contribution is 2.37. The van der Waals surface area contributed by atoms with E-state index in [0.29, 0.717) is 50.2 Å². The van der Waals surface area contributed by atoms with Crippen LogP contribution in [-0.4, -0.2) is 30.2 Å². The largest absolute Gasteiger partial charge is 0.497 e. The summed E-state index contributed by atoms with van der Waals surface area (Å²) in [6.45, 7) is 5.65. The summed E-state index contributed by atoms with van der Waals surface area (Å²) in [4.78, 5) is 48.4. The number of allylic oxidation sites excluding steroid dienone is 1. The molecular weight excluding hydrogens is 586 g/mol. The third kappa shape index (κ3) is 5.00. The van der Waals surface area contributed by atoms with Gasteiger partial charge in [-0.05, 0) is 48.4 Å². The predicted molar refractivity (Wildman–Crippen MR) is 166 cm³/mol. The first-order chi connectivity index (χ1) is 20.8. The van der Waals surface area contributed by atoms with Crippen LogP contribution in [0.3, 0.4) is 0 Å². The zero-order valence-corrected chi connectivity index (χ0v) is 24.9. The van der Waals surface area contributed by atoms with Crippen LogP contribution in [0.5, 0.6) is 5.75 Å². The molecule has 3 aromatic carbocycles. The first-order valence-corrected chi connectivity index (χ1v) is 14.6. The van der Waals surface area contributed by atoms with E-state index in [2.05, 4.69) is 11.6 Å². The van der Waals surface area contributed by atoms with Crippen molar-refractivity contribution in [1.29, 1.82) is 0 Å². The summed E-state index contributed by atoms with van der Waals surface area (Å²) < 4.78 is 12.5. The van der Waals surface area contributed by atoms with Crippen LogP contribution in [0, 0.1) is 0 Å². The number of methoxy groups -OCH3 is 1. The zero-order chi connectivity index (χ0) is 30.2. The van der Waals surface area contributed by atoms with Crippen molar-refractivity contribution in [1.82, 2.24) is 4.57 Å². The second kappa shape index (κ2) is 11.5. The molecule has 0 aliphatic carbocycles. The Morgan fingerprint density at radius 1 is 1.07 bits per heavy atom. The smallest absolute Gasteiger partial charge is 0.338 e. The van der Waals surface area contributed by atoms with Crippen LogP contribution in [0.25, 0.3) is 5.57 Å². The van der Waals surface area contributed by atoms with Crippen LogP contribution < -0.4 is 24.5 Å². The first kappa shape index (κ1) is 28.4. The number of fused-ring (bicyclic) bond motifs is 2. The van der Waals surface area contributed by atoms with E-state index in [-0.39, 0.29) is 22.6 Å². The van der Waals surface area contributed by atoms with E-state index in [0.717, 1.165) is 16.9 Å². The second-order valence-corrected chi connectivity index (χ2v) is 11.4. The van der Waals surface area contributed by atoms with Crippen molar-refractivity contribution in [2.45, 2.75) is 19.5 Å². The summed E-state index contributed by atoms with van der Waals surface area (Å²) >= 11 is 7.21. The Hall–Kier alpha value is -4.73. The standard InChI is InChI=1S/C33H26ClN3O5S/c1-4-17-42-32(40)26-19(2)35-33-37(28(26)21-11-15-23(41-3)16-12-21)31(39)29(43-33)27-24-7-5-6-8-25(24)36(30(27)38)18-20-9-13-22(34)14-10-20/h4-16,28H,1,17-18H2,2-3H3/b29-27-/t28-/m1/s1. The average Bonchev–Trinajstić information content (AvgIpc) is 3.48. The number of ether oxygens (including phenoxy) is 2. The number of carbonyl (C=O) groups is 2. The minimum Gasteiger partial charge on any atom is -0.497 e. The van der Waals surface area contributed by atoms with Gasteiger partial charge < -0.3 is 14.4 Å². The van der Waals surface area contributed by atoms with E-state index >= 15 is 0 Å². The summed E-state index contributed by atoms with van der Waals surface area (Å²) in [5.41, 5.74) is 3.48. The van der Waals surface area contributed by atoms with Gasteiger partial charge in [0.15, 0.2) is 4.80 Å². The number of nitrogens with zero attached hydrogens (tertiary/aromatic N) is 3. The molecule has 3 heterocycles. The maximum Gasteiger partial charge on any atom is 0.338 e. The number of anilines is 1. The Kier molecular flexibility index (Phi) is 7.60.